The van der Waals surface area contributed by atoms with Crippen LogP contribution in [0.2, 0.25) is 5.02 Å². The van der Waals surface area contributed by atoms with Crippen LogP contribution in [0.3, 0.4) is 0 Å². The van der Waals surface area contributed by atoms with Crippen LogP contribution in [0, 0.1) is 11.2 Å². The summed E-state index contributed by atoms with van der Waals surface area (Å²) in [4.78, 5) is 2.39. The molecule has 19 heavy (non-hydrogen) atoms. The van der Waals surface area contributed by atoms with Crippen LogP contribution in [0.5, 0.6) is 0 Å². The average Bonchev–Trinajstić information content (AvgIpc) is 2.90. The summed E-state index contributed by atoms with van der Waals surface area (Å²) in [5, 5.41) is 4.10. The standard InChI is InChI=1S/C16H11ClFS/c17-13-5-9-15(10-6-13)19-11-1-2-16(19)12-3-7-14(18)8-4-12/h1-10,19H. The minimum Gasteiger partial charge on any atom is -0.207 e. The van der Waals surface area contributed by atoms with Crippen LogP contribution in [-0.4, -0.2) is 0 Å². The Labute approximate surface area is 119 Å². The lowest BCUT2D eigenvalue weighted by Gasteiger charge is -2.18. The molecule has 1 aliphatic rings. The minimum absolute atomic E-state index is 0.213. The maximum atomic E-state index is 13.0. The molecule has 0 aliphatic carbocycles. The highest BCUT2D eigenvalue weighted by Gasteiger charge is 2.15. The number of rotatable bonds is 2. The van der Waals surface area contributed by atoms with Crippen molar-refractivity contribution in [3.8, 4) is 0 Å². The quantitative estimate of drug-likeness (QED) is 0.721. The fraction of sp³-hybridized carbons (Fsp3) is 0. The van der Waals surface area contributed by atoms with Gasteiger partial charge in [-0.05, 0) is 59.0 Å². The van der Waals surface area contributed by atoms with E-state index in [0.29, 0.717) is 0 Å². The highest BCUT2D eigenvalue weighted by molar-refractivity contribution is 8.26. The minimum atomic E-state index is -0.627. The second-order valence-corrected chi connectivity index (χ2v) is 6.53. The number of benzene rings is 2. The molecule has 1 unspecified atom stereocenters. The Morgan fingerprint density at radius 1 is 0.947 bits per heavy atom. The van der Waals surface area contributed by atoms with Gasteiger partial charge in [-0.15, -0.1) is 0 Å². The summed E-state index contributed by atoms with van der Waals surface area (Å²) < 4.78 is 13.0. The van der Waals surface area contributed by atoms with E-state index in [-0.39, 0.29) is 5.82 Å². The predicted molar refractivity (Wildman–Crippen MR) is 80.9 cm³/mol. The van der Waals surface area contributed by atoms with Crippen LogP contribution in [0.25, 0.3) is 4.91 Å². The third kappa shape index (κ3) is 2.60. The van der Waals surface area contributed by atoms with E-state index in [9.17, 15) is 4.39 Å². The molecule has 0 nitrogen and oxygen atoms in total. The molecule has 2 aromatic rings. The van der Waals surface area contributed by atoms with Crippen LogP contribution >= 0.6 is 22.5 Å². The van der Waals surface area contributed by atoms with E-state index in [2.05, 4.69) is 5.41 Å². The summed E-state index contributed by atoms with van der Waals surface area (Å²) >= 11 is 5.91. The molecule has 0 fully saturated rings. The van der Waals surface area contributed by atoms with Gasteiger partial charge in [-0.3, -0.25) is 0 Å². The van der Waals surface area contributed by atoms with E-state index in [1.54, 1.807) is 0 Å². The third-order valence-electron chi connectivity index (χ3n) is 2.91. The largest absolute Gasteiger partial charge is 0.207 e. The van der Waals surface area contributed by atoms with Gasteiger partial charge in [-0.2, -0.15) is 10.9 Å². The molecular formula is C16H11ClFS. The average molecular weight is 290 g/mol. The molecule has 1 heterocycles. The predicted octanol–water partition coefficient (Wildman–Crippen LogP) is 5.21. The Morgan fingerprint density at radius 2 is 1.63 bits per heavy atom. The van der Waals surface area contributed by atoms with E-state index in [0.717, 1.165) is 10.6 Å². The summed E-state index contributed by atoms with van der Waals surface area (Å²) in [6.45, 7) is 0. The molecule has 1 radical (unpaired) electrons. The van der Waals surface area contributed by atoms with Crippen molar-refractivity contribution in [1.82, 2.24) is 0 Å². The molecule has 3 rings (SSSR count). The second-order valence-electron chi connectivity index (χ2n) is 4.17. The zero-order valence-corrected chi connectivity index (χ0v) is 11.6. The SMILES string of the molecule is Fc1ccc(C2=CC=[C][SH]2c2ccc(Cl)cc2)cc1. The number of hydrogen-bond acceptors (Lipinski definition) is 0. The molecule has 95 valence electrons. The van der Waals surface area contributed by atoms with Gasteiger partial charge < -0.3 is 0 Å². The van der Waals surface area contributed by atoms with Gasteiger partial charge in [0.25, 0.3) is 0 Å². The molecule has 0 spiro atoms. The van der Waals surface area contributed by atoms with Crippen molar-refractivity contribution in [3.63, 3.8) is 0 Å². The first-order chi connectivity index (χ1) is 9.24. The van der Waals surface area contributed by atoms with Crippen molar-refractivity contribution in [3.05, 3.63) is 82.5 Å². The number of allylic oxidation sites excluding steroid dienone is 2. The summed E-state index contributed by atoms with van der Waals surface area (Å²) in [6, 6.07) is 14.4. The fourth-order valence-corrected chi connectivity index (χ4v) is 3.98. The molecular weight excluding hydrogens is 279 g/mol. The van der Waals surface area contributed by atoms with Crippen LogP contribution in [0.4, 0.5) is 4.39 Å². The van der Waals surface area contributed by atoms with E-state index < -0.39 is 10.9 Å². The van der Waals surface area contributed by atoms with E-state index in [1.165, 1.54) is 21.9 Å². The van der Waals surface area contributed by atoms with Gasteiger partial charge in [0.1, 0.15) is 5.82 Å². The maximum Gasteiger partial charge on any atom is 0.123 e. The Balaban J connectivity index is 1.94. The number of halogens is 2. The number of hydrogen-bond donors (Lipinski definition) is 1. The fourth-order valence-electron chi connectivity index (χ4n) is 1.98. The molecule has 0 bridgehead atoms. The Hall–Kier alpha value is -1.51. The van der Waals surface area contributed by atoms with Crippen LogP contribution in [0.15, 0.2) is 65.6 Å². The van der Waals surface area contributed by atoms with E-state index in [1.807, 2.05) is 48.6 Å². The molecule has 0 amide bonds. The summed E-state index contributed by atoms with van der Waals surface area (Å²) in [6.07, 6.45) is 3.99. The van der Waals surface area contributed by atoms with Crippen molar-refractivity contribution >= 4 is 27.4 Å². The lowest BCUT2D eigenvalue weighted by atomic mass is 10.2. The molecule has 0 saturated carbocycles. The summed E-state index contributed by atoms with van der Waals surface area (Å²) in [7, 11) is -0.627. The second kappa shape index (κ2) is 5.24. The van der Waals surface area contributed by atoms with Gasteiger partial charge in [-0.25, -0.2) is 4.39 Å². The Morgan fingerprint density at radius 3 is 2.32 bits per heavy atom. The zero-order chi connectivity index (χ0) is 13.2. The van der Waals surface area contributed by atoms with E-state index in [4.69, 9.17) is 11.6 Å². The van der Waals surface area contributed by atoms with Gasteiger partial charge in [0.2, 0.25) is 0 Å². The van der Waals surface area contributed by atoms with Gasteiger partial charge in [-0.1, -0.05) is 23.7 Å². The first-order valence-corrected chi connectivity index (χ1v) is 7.57. The molecule has 2 aromatic carbocycles. The lowest BCUT2D eigenvalue weighted by molar-refractivity contribution is 0.628. The molecule has 0 N–H and O–H groups in total. The topological polar surface area (TPSA) is 0 Å². The van der Waals surface area contributed by atoms with Gasteiger partial charge in [0.05, 0.1) is 0 Å². The summed E-state index contributed by atoms with van der Waals surface area (Å²) in [5.74, 6) is -0.213. The normalized spacial score (nSPS) is 19.5. The van der Waals surface area contributed by atoms with Crippen molar-refractivity contribution in [2.45, 2.75) is 4.90 Å². The zero-order valence-electron chi connectivity index (χ0n) is 9.98. The van der Waals surface area contributed by atoms with Gasteiger partial charge in [0, 0.05) is 15.3 Å². The highest BCUT2D eigenvalue weighted by atomic mass is 35.5. The number of thiol groups is 1. The van der Waals surface area contributed by atoms with Crippen molar-refractivity contribution in [2.75, 3.05) is 0 Å². The monoisotopic (exact) mass is 289 g/mol. The summed E-state index contributed by atoms with van der Waals surface area (Å²) in [5.41, 5.74) is 1.05. The van der Waals surface area contributed by atoms with Crippen molar-refractivity contribution in [2.24, 2.45) is 0 Å². The highest BCUT2D eigenvalue weighted by Crippen LogP contribution is 2.52. The first-order valence-electron chi connectivity index (χ1n) is 5.85. The first kappa shape index (κ1) is 12.5. The molecule has 0 saturated heterocycles. The van der Waals surface area contributed by atoms with Crippen LogP contribution in [0.1, 0.15) is 5.56 Å². The smallest absolute Gasteiger partial charge is 0.123 e. The van der Waals surface area contributed by atoms with Gasteiger partial charge in [0.15, 0.2) is 0 Å². The Bertz CT molecular complexity index is 641. The van der Waals surface area contributed by atoms with E-state index >= 15 is 0 Å². The molecule has 1 atom stereocenters. The van der Waals surface area contributed by atoms with Crippen molar-refractivity contribution in [1.29, 1.82) is 0 Å². The lowest BCUT2D eigenvalue weighted by Crippen LogP contribution is -1.85. The molecule has 3 heteroatoms. The van der Waals surface area contributed by atoms with Crippen LogP contribution in [-0.2, 0) is 0 Å². The van der Waals surface area contributed by atoms with Gasteiger partial charge >= 0.3 is 0 Å². The van der Waals surface area contributed by atoms with Crippen molar-refractivity contribution < 1.29 is 4.39 Å². The Kier molecular flexibility index (Phi) is 3.45. The maximum absolute atomic E-state index is 13.0. The van der Waals surface area contributed by atoms with Crippen LogP contribution < -0.4 is 0 Å². The third-order valence-corrected chi connectivity index (χ3v) is 5.27. The molecule has 1 aliphatic heterocycles. The molecule has 0 aromatic heterocycles.